The van der Waals surface area contributed by atoms with Crippen LogP contribution in [0.5, 0.6) is 5.75 Å². The van der Waals surface area contributed by atoms with Crippen molar-refractivity contribution in [3.05, 3.63) is 64.4 Å². The number of carbonyl (C=O) groups excluding carboxylic acids is 2. The predicted octanol–water partition coefficient (Wildman–Crippen LogP) is 3.49. The van der Waals surface area contributed by atoms with Gasteiger partial charge in [0.05, 0.1) is 17.0 Å². The van der Waals surface area contributed by atoms with Crippen LogP contribution in [0.2, 0.25) is 0 Å². The highest BCUT2D eigenvalue weighted by Crippen LogP contribution is 2.29. The zero-order chi connectivity index (χ0) is 21.6. The molecule has 2 heterocycles. The van der Waals surface area contributed by atoms with E-state index in [-0.39, 0.29) is 11.8 Å². The summed E-state index contributed by atoms with van der Waals surface area (Å²) in [6.45, 7) is 6.72. The SMILES string of the molecule is CCOc1ccc2ccccc2c1C(=O)N1CCN(CCNC(=O)c2cccs2)CC1. The van der Waals surface area contributed by atoms with E-state index in [9.17, 15) is 9.59 Å². The lowest BCUT2D eigenvalue weighted by Crippen LogP contribution is -2.50. The van der Waals surface area contributed by atoms with Gasteiger partial charge in [0.2, 0.25) is 0 Å². The summed E-state index contributed by atoms with van der Waals surface area (Å²) in [7, 11) is 0. The lowest BCUT2D eigenvalue weighted by Gasteiger charge is -2.35. The molecule has 2 aromatic carbocycles. The van der Waals surface area contributed by atoms with E-state index < -0.39 is 0 Å². The molecule has 0 aliphatic carbocycles. The molecule has 1 fully saturated rings. The Labute approximate surface area is 186 Å². The number of nitrogens with zero attached hydrogens (tertiary/aromatic N) is 2. The van der Waals surface area contributed by atoms with Crippen molar-refractivity contribution in [3.8, 4) is 5.75 Å². The fourth-order valence-corrected chi connectivity index (χ4v) is 4.54. The van der Waals surface area contributed by atoms with E-state index in [1.165, 1.54) is 11.3 Å². The summed E-state index contributed by atoms with van der Waals surface area (Å²) < 4.78 is 5.79. The van der Waals surface area contributed by atoms with Gasteiger partial charge in [-0.25, -0.2) is 0 Å². The Morgan fingerprint density at radius 3 is 2.58 bits per heavy atom. The average Bonchev–Trinajstić information content (AvgIpc) is 3.34. The summed E-state index contributed by atoms with van der Waals surface area (Å²) >= 11 is 1.44. The molecule has 1 aliphatic rings. The smallest absolute Gasteiger partial charge is 0.261 e. The molecule has 0 atom stereocenters. The Balaban J connectivity index is 1.36. The molecule has 0 bridgehead atoms. The van der Waals surface area contributed by atoms with Crippen molar-refractivity contribution in [1.82, 2.24) is 15.1 Å². The van der Waals surface area contributed by atoms with Crippen LogP contribution >= 0.6 is 11.3 Å². The Bertz CT molecular complexity index is 1040. The quantitative estimate of drug-likeness (QED) is 0.615. The van der Waals surface area contributed by atoms with Crippen LogP contribution in [0.1, 0.15) is 27.0 Å². The number of ether oxygens (including phenoxy) is 1. The third-order valence-electron chi connectivity index (χ3n) is 5.52. The lowest BCUT2D eigenvalue weighted by molar-refractivity contribution is 0.0636. The third kappa shape index (κ3) is 4.89. The Hall–Kier alpha value is -2.90. The Kier molecular flexibility index (Phi) is 6.84. The van der Waals surface area contributed by atoms with Gasteiger partial charge in [0.1, 0.15) is 5.75 Å². The van der Waals surface area contributed by atoms with E-state index in [2.05, 4.69) is 10.2 Å². The molecule has 3 aromatic rings. The molecule has 0 unspecified atom stereocenters. The molecule has 1 N–H and O–H groups in total. The Morgan fingerprint density at radius 1 is 1.03 bits per heavy atom. The van der Waals surface area contributed by atoms with Gasteiger partial charge < -0.3 is 15.0 Å². The van der Waals surface area contributed by atoms with Gasteiger partial charge in [-0.05, 0) is 35.2 Å². The van der Waals surface area contributed by atoms with Crippen LogP contribution in [0.4, 0.5) is 0 Å². The molecule has 7 heteroatoms. The monoisotopic (exact) mass is 437 g/mol. The standard InChI is InChI=1S/C24H27N3O3S/c1-2-30-20-10-9-18-6-3-4-7-19(18)22(20)24(29)27-15-13-26(14-16-27)12-11-25-23(28)21-8-5-17-31-21/h3-10,17H,2,11-16H2,1H3,(H,25,28). The molecule has 0 saturated carbocycles. The van der Waals surface area contributed by atoms with Crippen molar-refractivity contribution in [2.24, 2.45) is 0 Å². The van der Waals surface area contributed by atoms with Crippen molar-refractivity contribution in [1.29, 1.82) is 0 Å². The number of fused-ring (bicyclic) bond motifs is 1. The fourth-order valence-electron chi connectivity index (χ4n) is 3.90. The van der Waals surface area contributed by atoms with E-state index in [0.29, 0.717) is 37.6 Å². The molecule has 6 nitrogen and oxygen atoms in total. The minimum atomic E-state index is -0.0248. The van der Waals surface area contributed by atoms with Crippen LogP contribution in [0.3, 0.4) is 0 Å². The maximum absolute atomic E-state index is 13.4. The van der Waals surface area contributed by atoms with E-state index in [1.807, 2.05) is 65.7 Å². The van der Waals surface area contributed by atoms with Crippen LogP contribution in [0, 0.1) is 0 Å². The largest absolute Gasteiger partial charge is 0.493 e. The van der Waals surface area contributed by atoms with Gasteiger partial charge in [0, 0.05) is 39.3 Å². The van der Waals surface area contributed by atoms with Gasteiger partial charge in [-0.3, -0.25) is 14.5 Å². The van der Waals surface area contributed by atoms with Gasteiger partial charge >= 0.3 is 0 Å². The van der Waals surface area contributed by atoms with Crippen molar-refractivity contribution in [2.45, 2.75) is 6.92 Å². The van der Waals surface area contributed by atoms with E-state index in [4.69, 9.17) is 4.74 Å². The zero-order valence-electron chi connectivity index (χ0n) is 17.7. The summed E-state index contributed by atoms with van der Waals surface area (Å²) in [6.07, 6.45) is 0. The molecule has 31 heavy (non-hydrogen) atoms. The molecular formula is C24H27N3O3S. The molecule has 2 amide bonds. The summed E-state index contributed by atoms with van der Waals surface area (Å²) in [5.41, 5.74) is 0.650. The second-order valence-electron chi connectivity index (χ2n) is 7.46. The van der Waals surface area contributed by atoms with Crippen molar-refractivity contribution < 1.29 is 14.3 Å². The first-order valence-electron chi connectivity index (χ1n) is 10.6. The minimum absolute atomic E-state index is 0.0194. The number of hydrogen-bond donors (Lipinski definition) is 1. The number of benzene rings is 2. The molecule has 4 rings (SSSR count). The summed E-state index contributed by atoms with van der Waals surface area (Å²) in [5, 5.41) is 6.83. The molecular weight excluding hydrogens is 410 g/mol. The van der Waals surface area contributed by atoms with Crippen LogP contribution in [0.15, 0.2) is 53.9 Å². The van der Waals surface area contributed by atoms with Gasteiger partial charge in [-0.15, -0.1) is 11.3 Å². The highest BCUT2D eigenvalue weighted by atomic mass is 32.1. The Morgan fingerprint density at radius 2 is 1.84 bits per heavy atom. The molecule has 0 spiro atoms. The first-order chi connectivity index (χ1) is 15.2. The normalized spacial score (nSPS) is 14.5. The summed E-state index contributed by atoms with van der Waals surface area (Å²) in [6, 6.07) is 15.5. The van der Waals surface area contributed by atoms with Gasteiger partial charge in [-0.1, -0.05) is 36.4 Å². The van der Waals surface area contributed by atoms with E-state index >= 15 is 0 Å². The fraction of sp³-hybridized carbons (Fsp3) is 0.333. The number of amides is 2. The molecule has 1 aliphatic heterocycles. The second kappa shape index (κ2) is 9.94. The van der Waals surface area contributed by atoms with E-state index in [1.54, 1.807) is 0 Å². The van der Waals surface area contributed by atoms with Crippen molar-refractivity contribution >= 4 is 33.9 Å². The minimum Gasteiger partial charge on any atom is -0.493 e. The maximum atomic E-state index is 13.4. The van der Waals surface area contributed by atoms with Crippen LogP contribution in [0.25, 0.3) is 10.8 Å². The molecule has 0 radical (unpaired) electrons. The van der Waals surface area contributed by atoms with Gasteiger partial charge in [0.15, 0.2) is 0 Å². The van der Waals surface area contributed by atoms with Gasteiger partial charge in [0.25, 0.3) is 11.8 Å². The molecule has 162 valence electrons. The lowest BCUT2D eigenvalue weighted by atomic mass is 10.0. The zero-order valence-corrected chi connectivity index (χ0v) is 18.5. The number of nitrogens with one attached hydrogen (secondary N) is 1. The number of piperazine rings is 1. The van der Waals surface area contributed by atoms with E-state index in [0.717, 1.165) is 35.3 Å². The third-order valence-corrected chi connectivity index (χ3v) is 6.39. The number of carbonyl (C=O) groups is 2. The number of hydrogen-bond acceptors (Lipinski definition) is 5. The summed E-state index contributed by atoms with van der Waals surface area (Å²) in [5.74, 6) is 0.638. The second-order valence-corrected chi connectivity index (χ2v) is 8.41. The maximum Gasteiger partial charge on any atom is 0.261 e. The highest BCUT2D eigenvalue weighted by molar-refractivity contribution is 7.12. The molecule has 1 saturated heterocycles. The molecule has 1 aromatic heterocycles. The van der Waals surface area contributed by atoms with Crippen LogP contribution in [-0.2, 0) is 0 Å². The van der Waals surface area contributed by atoms with Crippen LogP contribution < -0.4 is 10.1 Å². The van der Waals surface area contributed by atoms with Crippen molar-refractivity contribution in [2.75, 3.05) is 45.9 Å². The van der Waals surface area contributed by atoms with Gasteiger partial charge in [-0.2, -0.15) is 0 Å². The average molecular weight is 438 g/mol. The van der Waals surface area contributed by atoms with Crippen molar-refractivity contribution in [3.63, 3.8) is 0 Å². The highest BCUT2D eigenvalue weighted by Gasteiger charge is 2.26. The predicted molar refractivity (Wildman–Crippen MR) is 124 cm³/mol. The first kappa shape index (κ1) is 21.3. The first-order valence-corrected chi connectivity index (χ1v) is 11.5. The topological polar surface area (TPSA) is 61.9 Å². The summed E-state index contributed by atoms with van der Waals surface area (Å²) in [4.78, 5) is 30.4. The number of thiophene rings is 1. The number of rotatable bonds is 7. The van der Waals surface area contributed by atoms with Crippen LogP contribution in [-0.4, -0.2) is 67.5 Å².